The molecule has 0 saturated carbocycles. The average Bonchev–Trinajstić information content (AvgIpc) is 2.97. The van der Waals surface area contributed by atoms with Gasteiger partial charge in [0.05, 0.1) is 13.7 Å². The van der Waals surface area contributed by atoms with E-state index in [4.69, 9.17) is 9.47 Å². The Morgan fingerprint density at radius 2 is 2.18 bits per heavy atom. The van der Waals surface area contributed by atoms with Crippen LogP contribution in [0, 0.1) is 0 Å². The summed E-state index contributed by atoms with van der Waals surface area (Å²) >= 11 is 1.52. The maximum Gasteiger partial charge on any atom is 0.330 e. The molecule has 0 unspecified atom stereocenters. The average molecular weight is 325 g/mol. The van der Waals surface area contributed by atoms with Gasteiger partial charge >= 0.3 is 5.97 Å². The minimum atomic E-state index is -1.19. The van der Waals surface area contributed by atoms with Crippen LogP contribution in [0.4, 0.5) is 0 Å². The van der Waals surface area contributed by atoms with Crippen molar-refractivity contribution in [3.63, 3.8) is 0 Å². The number of ether oxygens (including phenoxy) is 2. The van der Waals surface area contributed by atoms with E-state index >= 15 is 0 Å². The van der Waals surface area contributed by atoms with Crippen LogP contribution in [0.25, 0.3) is 0 Å². The summed E-state index contributed by atoms with van der Waals surface area (Å²) in [4.78, 5) is 23.9. The molecule has 1 aliphatic heterocycles. The van der Waals surface area contributed by atoms with Crippen LogP contribution in [-0.4, -0.2) is 47.7 Å². The lowest BCUT2D eigenvalue weighted by Gasteiger charge is -2.24. The molecule has 6 nitrogen and oxygen atoms in total. The first-order valence-electron chi connectivity index (χ1n) is 6.97. The van der Waals surface area contributed by atoms with E-state index in [0.29, 0.717) is 35.8 Å². The summed E-state index contributed by atoms with van der Waals surface area (Å²) in [6, 6.07) is 4.79. The number of methoxy groups -OCH3 is 1. The van der Waals surface area contributed by atoms with Crippen LogP contribution in [0.2, 0.25) is 0 Å². The standard InChI is InChI=1S/C15H19NO5S/c1-3-21-12-8-10(4-5-11(12)20-2)13(17)16-15(14(18)19)6-7-22-9-15/h4-5,8H,3,6-7,9H2,1-2H3,(H,16,17)(H,18,19)/t15-/m1/s1. The molecule has 1 saturated heterocycles. The molecule has 0 bridgehead atoms. The van der Waals surface area contributed by atoms with Crippen LogP contribution in [-0.2, 0) is 4.79 Å². The normalized spacial score (nSPS) is 20.5. The number of thioether (sulfide) groups is 1. The van der Waals surface area contributed by atoms with E-state index in [1.807, 2.05) is 6.92 Å². The first kappa shape index (κ1) is 16.5. The fourth-order valence-electron chi connectivity index (χ4n) is 2.26. The topological polar surface area (TPSA) is 84.9 Å². The Morgan fingerprint density at radius 3 is 2.73 bits per heavy atom. The van der Waals surface area contributed by atoms with Crippen molar-refractivity contribution in [1.82, 2.24) is 5.32 Å². The Bertz CT molecular complexity index is 569. The van der Waals surface area contributed by atoms with E-state index in [1.165, 1.54) is 18.9 Å². The molecule has 0 aromatic heterocycles. The third-order valence-corrected chi connectivity index (χ3v) is 4.70. The maximum atomic E-state index is 12.4. The molecule has 1 atom stereocenters. The van der Waals surface area contributed by atoms with Gasteiger partial charge in [0.25, 0.3) is 5.91 Å². The number of amides is 1. The van der Waals surface area contributed by atoms with Gasteiger partial charge in [-0.2, -0.15) is 11.8 Å². The molecule has 1 aromatic rings. The maximum absolute atomic E-state index is 12.4. The van der Waals surface area contributed by atoms with Crippen molar-refractivity contribution in [3.05, 3.63) is 23.8 Å². The summed E-state index contributed by atoms with van der Waals surface area (Å²) in [6.45, 7) is 2.28. The number of nitrogens with one attached hydrogen (secondary N) is 1. The largest absolute Gasteiger partial charge is 0.493 e. The summed E-state index contributed by atoms with van der Waals surface area (Å²) < 4.78 is 10.6. The van der Waals surface area contributed by atoms with Gasteiger partial charge < -0.3 is 19.9 Å². The Balaban J connectivity index is 2.22. The van der Waals surface area contributed by atoms with Crippen molar-refractivity contribution >= 4 is 23.6 Å². The summed E-state index contributed by atoms with van der Waals surface area (Å²) in [5.74, 6) is 0.672. The number of aliphatic carboxylic acids is 1. The lowest BCUT2D eigenvalue weighted by Crippen LogP contribution is -2.54. The molecule has 0 spiro atoms. The number of benzene rings is 1. The predicted molar refractivity (Wildman–Crippen MR) is 83.9 cm³/mol. The van der Waals surface area contributed by atoms with E-state index in [0.717, 1.165) is 5.75 Å². The van der Waals surface area contributed by atoms with Crippen LogP contribution in [0.3, 0.4) is 0 Å². The lowest BCUT2D eigenvalue weighted by molar-refractivity contribution is -0.143. The number of hydrogen-bond acceptors (Lipinski definition) is 5. The van der Waals surface area contributed by atoms with Crippen LogP contribution in [0.1, 0.15) is 23.7 Å². The predicted octanol–water partition coefficient (Wildman–Crippen LogP) is 1.78. The highest BCUT2D eigenvalue weighted by molar-refractivity contribution is 7.99. The molecule has 7 heteroatoms. The molecular formula is C15H19NO5S. The summed E-state index contributed by atoms with van der Waals surface area (Å²) in [6.07, 6.45) is 0.424. The van der Waals surface area contributed by atoms with E-state index in [2.05, 4.69) is 5.32 Å². The van der Waals surface area contributed by atoms with E-state index in [-0.39, 0.29) is 0 Å². The quantitative estimate of drug-likeness (QED) is 0.829. The smallest absolute Gasteiger partial charge is 0.330 e. The molecule has 2 N–H and O–H groups in total. The van der Waals surface area contributed by atoms with Crippen LogP contribution >= 0.6 is 11.8 Å². The molecule has 1 heterocycles. The molecule has 1 aliphatic rings. The zero-order valence-corrected chi connectivity index (χ0v) is 13.4. The van der Waals surface area contributed by atoms with Crippen LogP contribution < -0.4 is 14.8 Å². The minimum Gasteiger partial charge on any atom is -0.493 e. The second-order valence-electron chi connectivity index (χ2n) is 4.94. The molecular weight excluding hydrogens is 306 g/mol. The third-order valence-electron chi connectivity index (χ3n) is 3.51. The number of carboxylic acids is 1. The highest BCUT2D eigenvalue weighted by Gasteiger charge is 2.43. The van der Waals surface area contributed by atoms with Crippen molar-refractivity contribution in [1.29, 1.82) is 0 Å². The number of carbonyl (C=O) groups is 2. The van der Waals surface area contributed by atoms with Gasteiger partial charge in [-0.05, 0) is 37.3 Å². The molecule has 1 aromatic carbocycles. The molecule has 0 aliphatic carbocycles. The second kappa shape index (κ2) is 6.91. The number of carbonyl (C=O) groups excluding carboxylic acids is 1. The van der Waals surface area contributed by atoms with Crippen molar-refractivity contribution in [2.75, 3.05) is 25.2 Å². The Hall–Kier alpha value is -1.89. The Morgan fingerprint density at radius 1 is 1.41 bits per heavy atom. The molecule has 1 amide bonds. The Labute approximate surface area is 133 Å². The zero-order chi connectivity index (χ0) is 16.2. The molecule has 2 rings (SSSR count). The van der Waals surface area contributed by atoms with Gasteiger partial charge in [-0.1, -0.05) is 0 Å². The summed E-state index contributed by atoms with van der Waals surface area (Å²) in [5, 5.41) is 12.1. The van der Waals surface area contributed by atoms with Crippen molar-refractivity contribution in [2.45, 2.75) is 18.9 Å². The van der Waals surface area contributed by atoms with E-state index < -0.39 is 17.4 Å². The van der Waals surface area contributed by atoms with Gasteiger partial charge in [-0.15, -0.1) is 0 Å². The summed E-state index contributed by atoms with van der Waals surface area (Å²) in [7, 11) is 1.52. The van der Waals surface area contributed by atoms with Crippen molar-refractivity contribution in [2.24, 2.45) is 0 Å². The lowest BCUT2D eigenvalue weighted by atomic mass is 9.98. The van der Waals surface area contributed by atoms with Gasteiger partial charge in [0.1, 0.15) is 5.54 Å². The number of carboxylic acid groups (broad SMARTS) is 1. The van der Waals surface area contributed by atoms with Crippen LogP contribution in [0.5, 0.6) is 11.5 Å². The fourth-order valence-corrected chi connectivity index (χ4v) is 3.59. The SMILES string of the molecule is CCOc1cc(C(=O)N[C@]2(C(=O)O)CCSC2)ccc1OC. The molecule has 120 valence electrons. The second-order valence-corrected chi connectivity index (χ2v) is 6.05. The fraction of sp³-hybridized carbons (Fsp3) is 0.467. The van der Waals surface area contributed by atoms with Gasteiger partial charge in [0.2, 0.25) is 0 Å². The summed E-state index contributed by atoms with van der Waals surface area (Å²) in [5.41, 5.74) is -0.838. The van der Waals surface area contributed by atoms with Gasteiger partial charge in [-0.3, -0.25) is 4.79 Å². The van der Waals surface area contributed by atoms with E-state index in [9.17, 15) is 14.7 Å². The molecule has 22 heavy (non-hydrogen) atoms. The highest BCUT2D eigenvalue weighted by atomic mass is 32.2. The van der Waals surface area contributed by atoms with Crippen molar-refractivity contribution in [3.8, 4) is 11.5 Å². The van der Waals surface area contributed by atoms with Crippen LogP contribution in [0.15, 0.2) is 18.2 Å². The Kier molecular flexibility index (Phi) is 5.18. The van der Waals surface area contributed by atoms with E-state index in [1.54, 1.807) is 18.2 Å². The van der Waals surface area contributed by atoms with Gasteiger partial charge in [0.15, 0.2) is 11.5 Å². The van der Waals surface area contributed by atoms with Gasteiger partial charge in [-0.25, -0.2) is 4.79 Å². The highest BCUT2D eigenvalue weighted by Crippen LogP contribution is 2.30. The van der Waals surface area contributed by atoms with Crippen molar-refractivity contribution < 1.29 is 24.2 Å². The monoisotopic (exact) mass is 325 g/mol. The first-order valence-corrected chi connectivity index (χ1v) is 8.12. The third kappa shape index (κ3) is 3.30. The zero-order valence-electron chi connectivity index (χ0n) is 12.5. The molecule has 1 fully saturated rings. The first-order chi connectivity index (χ1) is 10.5. The number of rotatable bonds is 6. The minimum absolute atomic E-state index is 0.349. The number of hydrogen-bond donors (Lipinski definition) is 2. The molecule has 0 radical (unpaired) electrons. The van der Waals surface area contributed by atoms with Gasteiger partial charge in [0, 0.05) is 11.3 Å².